The van der Waals surface area contributed by atoms with Gasteiger partial charge in [-0.05, 0) is 43.1 Å². The van der Waals surface area contributed by atoms with Gasteiger partial charge in [0, 0.05) is 13.1 Å². The second-order valence-corrected chi connectivity index (χ2v) is 4.85. The first-order valence-corrected chi connectivity index (χ1v) is 6.86. The molecular formula is C15H24N2. The minimum Gasteiger partial charge on any atom is -0.316 e. The molecule has 0 aliphatic carbocycles. The molecule has 1 heterocycles. The molecule has 0 amide bonds. The predicted molar refractivity (Wildman–Crippen MR) is 73.3 cm³/mol. The Hall–Kier alpha value is -0.860. The molecule has 1 fully saturated rings. The largest absolute Gasteiger partial charge is 0.316 e. The molecule has 1 N–H and O–H groups in total. The van der Waals surface area contributed by atoms with Gasteiger partial charge in [0.2, 0.25) is 0 Å². The maximum Gasteiger partial charge on any atom is 0.0236 e. The molecule has 1 unspecified atom stereocenters. The van der Waals surface area contributed by atoms with Crippen molar-refractivity contribution in [2.24, 2.45) is 0 Å². The molecule has 2 heteroatoms. The van der Waals surface area contributed by atoms with E-state index in [1.807, 2.05) is 0 Å². The fourth-order valence-corrected chi connectivity index (χ4v) is 2.68. The second-order valence-electron chi connectivity index (χ2n) is 4.85. The van der Waals surface area contributed by atoms with Crippen molar-refractivity contribution in [1.82, 2.24) is 10.2 Å². The van der Waals surface area contributed by atoms with Crippen LogP contribution in [0.25, 0.3) is 0 Å². The molecule has 0 bridgehead atoms. The van der Waals surface area contributed by atoms with E-state index < -0.39 is 0 Å². The van der Waals surface area contributed by atoms with Gasteiger partial charge in [-0.3, -0.25) is 4.90 Å². The standard InChI is InChI=1S/C15H24N2/c1-3-17(4-2)12-14-7-5-6-8-15(14)13-9-10-16-11-13/h5-8,13,16H,3-4,9-12H2,1-2H3. The molecule has 0 aromatic heterocycles. The Kier molecular flexibility index (Phi) is 4.57. The first-order chi connectivity index (χ1) is 8.35. The van der Waals surface area contributed by atoms with Crippen LogP contribution in [0.15, 0.2) is 24.3 Å². The number of rotatable bonds is 5. The number of hydrogen-bond donors (Lipinski definition) is 1. The van der Waals surface area contributed by atoms with E-state index in [2.05, 4.69) is 48.3 Å². The van der Waals surface area contributed by atoms with Gasteiger partial charge in [-0.25, -0.2) is 0 Å². The van der Waals surface area contributed by atoms with Gasteiger partial charge in [-0.2, -0.15) is 0 Å². The van der Waals surface area contributed by atoms with Crippen LogP contribution < -0.4 is 5.32 Å². The van der Waals surface area contributed by atoms with Crippen molar-refractivity contribution in [3.8, 4) is 0 Å². The van der Waals surface area contributed by atoms with Crippen LogP contribution in [0.2, 0.25) is 0 Å². The summed E-state index contributed by atoms with van der Waals surface area (Å²) in [5, 5.41) is 3.47. The normalized spacial score (nSPS) is 20.1. The zero-order chi connectivity index (χ0) is 12.1. The van der Waals surface area contributed by atoms with E-state index in [1.54, 1.807) is 5.56 Å². The van der Waals surface area contributed by atoms with Crippen LogP contribution in [-0.2, 0) is 6.54 Å². The highest BCUT2D eigenvalue weighted by molar-refractivity contribution is 5.31. The molecule has 17 heavy (non-hydrogen) atoms. The SMILES string of the molecule is CCN(CC)Cc1ccccc1C1CCNC1. The van der Waals surface area contributed by atoms with Crippen molar-refractivity contribution in [1.29, 1.82) is 0 Å². The highest BCUT2D eigenvalue weighted by atomic mass is 15.1. The van der Waals surface area contributed by atoms with Crippen molar-refractivity contribution < 1.29 is 0 Å². The fourth-order valence-electron chi connectivity index (χ4n) is 2.68. The predicted octanol–water partition coefficient (Wildman–Crippen LogP) is 2.61. The molecule has 0 saturated carbocycles. The van der Waals surface area contributed by atoms with Crippen molar-refractivity contribution >= 4 is 0 Å². The minimum atomic E-state index is 0.724. The van der Waals surface area contributed by atoms with Crippen LogP contribution >= 0.6 is 0 Å². The third-order valence-electron chi connectivity index (χ3n) is 3.84. The summed E-state index contributed by atoms with van der Waals surface area (Å²) in [7, 11) is 0. The van der Waals surface area contributed by atoms with Crippen LogP contribution in [0.4, 0.5) is 0 Å². The number of nitrogens with zero attached hydrogens (tertiary/aromatic N) is 1. The molecule has 1 aliphatic heterocycles. The Morgan fingerprint density at radius 2 is 2.00 bits per heavy atom. The third kappa shape index (κ3) is 3.08. The van der Waals surface area contributed by atoms with Gasteiger partial charge in [0.1, 0.15) is 0 Å². The zero-order valence-corrected chi connectivity index (χ0v) is 11.1. The lowest BCUT2D eigenvalue weighted by Crippen LogP contribution is -2.23. The first-order valence-electron chi connectivity index (χ1n) is 6.86. The smallest absolute Gasteiger partial charge is 0.0236 e. The first kappa shape index (κ1) is 12.6. The Bertz CT molecular complexity index is 339. The number of nitrogens with one attached hydrogen (secondary N) is 1. The summed E-state index contributed by atoms with van der Waals surface area (Å²) in [6.45, 7) is 10.2. The lowest BCUT2D eigenvalue weighted by molar-refractivity contribution is 0.294. The molecular weight excluding hydrogens is 208 g/mol. The highest BCUT2D eigenvalue weighted by Crippen LogP contribution is 2.26. The minimum absolute atomic E-state index is 0.724. The second kappa shape index (κ2) is 6.18. The topological polar surface area (TPSA) is 15.3 Å². The molecule has 1 aliphatic rings. The van der Waals surface area contributed by atoms with Crippen molar-refractivity contribution in [3.05, 3.63) is 35.4 Å². The third-order valence-corrected chi connectivity index (χ3v) is 3.84. The van der Waals surface area contributed by atoms with E-state index in [0.717, 1.165) is 32.1 Å². The van der Waals surface area contributed by atoms with E-state index in [9.17, 15) is 0 Å². The maximum absolute atomic E-state index is 3.47. The van der Waals surface area contributed by atoms with Crippen LogP contribution in [0, 0.1) is 0 Å². The summed E-state index contributed by atoms with van der Waals surface area (Å²) in [5.41, 5.74) is 3.08. The van der Waals surface area contributed by atoms with E-state index in [-0.39, 0.29) is 0 Å². The van der Waals surface area contributed by atoms with Gasteiger partial charge in [0.05, 0.1) is 0 Å². The van der Waals surface area contributed by atoms with Gasteiger partial charge >= 0.3 is 0 Å². The van der Waals surface area contributed by atoms with Crippen LogP contribution in [0.3, 0.4) is 0 Å². The molecule has 2 nitrogen and oxygen atoms in total. The molecule has 1 atom stereocenters. The van der Waals surface area contributed by atoms with Crippen molar-refractivity contribution in [2.45, 2.75) is 32.7 Å². The Labute approximate surface area is 105 Å². The Morgan fingerprint density at radius 3 is 2.65 bits per heavy atom. The summed E-state index contributed by atoms with van der Waals surface area (Å²) in [5.74, 6) is 0.724. The summed E-state index contributed by atoms with van der Waals surface area (Å²) < 4.78 is 0. The zero-order valence-electron chi connectivity index (χ0n) is 11.1. The molecule has 2 rings (SSSR count). The van der Waals surface area contributed by atoms with E-state index >= 15 is 0 Å². The van der Waals surface area contributed by atoms with E-state index in [1.165, 1.54) is 18.5 Å². The van der Waals surface area contributed by atoms with Crippen molar-refractivity contribution in [3.63, 3.8) is 0 Å². The Morgan fingerprint density at radius 1 is 1.24 bits per heavy atom. The molecule has 1 aromatic carbocycles. The molecule has 0 spiro atoms. The monoisotopic (exact) mass is 232 g/mol. The maximum atomic E-state index is 3.47. The molecule has 94 valence electrons. The number of benzene rings is 1. The highest BCUT2D eigenvalue weighted by Gasteiger charge is 2.19. The van der Waals surface area contributed by atoms with Crippen LogP contribution in [0.1, 0.15) is 37.3 Å². The van der Waals surface area contributed by atoms with Crippen molar-refractivity contribution in [2.75, 3.05) is 26.2 Å². The summed E-state index contributed by atoms with van der Waals surface area (Å²) in [4.78, 5) is 2.49. The summed E-state index contributed by atoms with van der Waals surface area (Å²) in [6, 6.07) is 8.96. The van der Waals surface area contributed by atoms with E-state index in [4.69, 9.17) is 0 Å². The van der Waals surface area contributed by atoms with Gasteiger partial charge in [0.15, 0.2) is 0 Å². The lowest BCUT2D eigenvalue weighted by atomic mass is 9.93. The molecule has 0 radical (unpaired) electrons. The fraction of sp³-hybridized carbons (Fsp3) is 0.600. The van der Waals surface area contributed by atoms with Crippen LogP contribution in [-0.4, -0.2) is 31.1 Å². The summed E-state index contributed by atoms with van der Waals surface area (Å²) >= 11 is 0. The lowest BCUT2D eigenvalue weighted by Gasteiger charge is -2.22. The summed E-state index contributed by atoms with van der Waals surface area (Å²) in [6.07, 6.45) is 1.29. The van der Waals surface area contributed by atoms with Crippen LogP contribution in [0.5, 0.6) is 0 Å². The van der Waals surface area contributed by atoms with E-state index in [0.29, 0.717) is 0 Å². The van der Waals surface area contributed by atoms with Gasteiger partial charge in [0.25, 0.3) is 0 Å². The van der Waals surface area contributed by atoms with Gasteiger partial charge in [-0.1, -0.05) is 38.1 Å². The Balaban J connectivity index is 2.14. The molecule has 1 saturated heterocycles. The number of hydrogen-bond acceptors (Lipinski definition) is 2. The quantitative estimate of drug-likeness (QED) is 0.839. The van der Waals surface area contributed by atoms with Gasteiger partial charge in [-0.15, -0.1) is 0 Å². The average Bonchev–Trinajstić information content (AvgIpc) is 2.90. The molecule has 1 aromatic rings. The van der Waals surface area contributed by atoms with Gasteiger partial charge < -0.3 is 5.32 Å². The average molecular weight is 232 g/mol.